The highest BCUT2D eigenvalue weighted by Crippen LogP contribution is 2.17. The topological polar surface area (TPSA) is 63.6 Å². The van der Waals surface area contributed by atoms with E-state index in [0.717, 1.165) is 10.7 Å². The lowest BCUT2D eigenvalue weighted by atomic mass is 10.0. The molecule has 2 aromatic rings. The second-order valence-corrected chi connectivity index (χ2v) is 6.31. The van der Waals surface area contributed by atoms with Crippen molar-refractivity contribution in [1.82, 2.24) is 10.3 Å². The Kier molecular flexibility index (Phi) is 4.66. The molecule has 1 N–H and O–H groups in total. The van der Waals surface area contributed by atoms with E-state index in [1.807, 2.05) is 12.3 Å². The lowest BCUT2D eigenvalue weighted by molar-refractivity contribution is -0.131. The average Bonchev–Trinajstić information content (AvgIpc) is 3.16. The number of rotatable bonds is 5. The number of hydrogen-bond acceptors (Lipinski definition) is 5. The Bertz CT molecular complexity index is 744. The quantitative estimate of drug-likeness (QED) is 0.914. The predicted octanol–water partition coefficient (Wildman–Crippen LogP) is 2.44. The van der Waals surface area contributed by atoms with E-state index in [2.05, 4.69) is 15.5 Å². The van der Waals surface area contributed by atoms with Crippen molar-refractivity contribution in [3.63, 3.8) is 0 Å². The number of nitrogens with one attached hydrogen (secondary N) is 1. The van der Waals surface area contributed by atoms with Gasteiger partial charge in [-0.3, -0.25) is 4.79 Å². The summed E-state index contributed by atoms with van der Waals surface area (Å²) >= 11 is 1.59. The molecule has 1 aromatic carbocycles. The summed E-state index contributed by atoms with van der Waals surface area (Å²) in [6.07, 6.45) is 0.358. The van der Waals surface area contributed by atoms with Crippen LogP contribution in [0.25, 0.3) is 0 Å². The van der Waals surface area contributed by atoms with Crippen molar-refractivity contribution in [1.29, 1.82) is 0 Å². The molecule has 0 radical (unpaired) electrons. The zero-order valence-electron chi connectivity index (χ0n) is 12.6. The maximum atomic E-state index is 13.2. The zero-order valence-corrected chi connectivity index (χ0v) is 13.4. The molecule has 2 heterocycles. The van der Waals surface area contributed by atoms with Crippen molar-refractivity contribution in [3.05, 3.63) is 51.7 Å². The molecule has 0 aliphatic carbocycles. The Hall–Kier alpha value is -2.28. The summed E-state index contributed by atoms with van der Waals surface area (Å²) in [6.45, 7) is 2.45. The minimum atomic E-state index is -0.662. The Morgan fingerprint density at radius 2 is 2.39 bits per heavy atom. The predicted molar refractivity (Wildman–Crippen MR) is 86.0 cm³/mol. The molecule has 7 heteroatoms. The third-order valence-corrected chi connectivity index (χ3v) is 4.29. The summed E-state index contributed by atoms with van der Waals surface area (Å²) in [6, 6.07) is 6.10. The Morgan fingerprint density at radius 1 is 1.52 bits per heavy atom. The number of amides is 1. The summed E-state index contributed by atoms with van der Waals surface area (Å²) in [4.78, 5) is 21.6. The van der Waals surface area contributed by atoms with Gasteiger partial charge in [0, 0.05) is 30.3 Å². The molecule has 0 unspecified atom stereocenters. The lowest BCUT2D eigenvalue weighted by Gasteiger charge is -2.08. The monoisotopic (exact) mass is 333 g/mol. The van der Waals surface area contributed by atoms with Crippen LogP contribution in [0.3, 0.4) is 0 Å². The summed E-state index contributed by atoms with van der Waals surface area (Å²) in [7, 11) is 0. The molecule has 1 amide bonds. The van der Waals surface area contributed by atoms with Crippen molar-refractivity contribution in [2.24, 2.45) is 5.16 Å². The van der Waals surface area contributed by atoms with Gasteiger partial charge in [-0.1, -0.05) is 17.3 Å². The van der Waals surface area contributed by atoms with Crippen LogP contribution in [-0.4, -0.2) is 29.3 Å². The summed E-state index contributed by atoms with van der Waals surface area (Å²) in [5.74, 6) is -0.552. The molecule has 23 heavy (non-hydrogen) atoms. The van der Waals surface area contributed by atoms with Crippen LogP contribution in [0.2, 0.25) is 0 Å². The van der Waals surface area contributed by atoms with Crippen molar-refractivity contribution < 1.29 is 14.0 Å². The molecule has 0 bridgehead atoms. The van der Waals surface area contributed by atoms with Crippen molar-refractivity contribution in [2.75, 3.05) is 6.54 Å². The van der Waals surface area contributed by atoms with Gasteiger partial charge in [-0.25, -0.2) is 9.37 Å². The molecule has 1 atom stereocenters. The van der Waals surface area contributed by atoms with E-state index >= 15 is 0 Å². The van der Waals surface area contributed by atoms with Gasteiger partial charge in [-0.05, 0) is 19.1 Å². The maximum absolute atomic E-state index is 13.2. The third-order valence-electron chi connectivity index (χ3n) is 3.47. The first-order chi connectivity index (χ1) is 11.1. The first-order valence-corrected chi connectivity index (χ1v) is 8.17. The van der Waals surface area contributed by atoms with Gasteiger partial charge < -0.3 is 10.2 Å². The molecule has 5 nitrogen and oxygen atoms in total. The van der Waals surface area contributed by atoms with E-state index in [1.54, 1.807) is 23.5 Å². The summed E-state index contributed by atoms with van der Waals surface area (Å²) < 4.78 is 13.2. The highest BCUT2D eigenvalue weighted by Gasteiger charge is 2.28. The number of halogens is 1. The van der Waals surface area contributed by atoms with Crippen LogP contribution in [0.5, 0.6) is 0 Å². The highest BCUT2D eigenvalue weighted by atomic mass is 32.1. The number of aromatic nitrogens is 1. The SMILES string of the molecule is Cc1nc(CCNC(=O)[C@H]2CC(c3cccc(F)c3)=NO2)cs1. The molecule has 0 fully saturated rings. The second kappa shape index (κ2) is 6.87. The molecule has 3 rings (SSSR count). The normalized spacial score (nSPS) is 16.8. The minimum absolute atomic E-state index is 0.216. The number of carbonyl (C=O) groups excluding carboxylic acids is 1. The Balaban J connectivity index is 1.48. The first kappa shape index (κ1) is 15.6. The Morgan fingerprint density at radius 3 is 3.13 bits per heavy atom. The molecule has 1 aliphatic rings. The fourth-order valence-corrected chi connectivity index (χ4v) is 2.95. The zero-order chi connectivity index (χ0) is 16.2. The minimum Gasteiger partial charge on any atom is -0.382 e. The van der Waals surface area contributed by atoms with E-state index in [9.17, 15) is 9.18 Å². The highest BCUT2D eigenvalue weighted by molar-refractivity contribution is 7.09. The van der Waals surface area contributed by atoms with Gasteiger partial charge in [0.1, 0.15) is 5.82 Å². The smallest absolute Gasteiger partial charge is 0.264 e. The van der Waals surface area contributed by atoms with Crippen LogP contribution in [0.15, 0.2) is 34.8 Å². The molecule has 0 saturated carbocycles. The van der Waals surface area contributed by atoms with Crippen molar-refractivity contribution >= 4 is 23.0 Å². The van der Waals surface area contributed by atoms with E-state index in [-0.39, 0.29) is 11.7 Å². The van der Waals surface area contributed by atoms with Crippen LogP contribution >= 0.6 is 11.3 Å². The number of carbonyl (C=O) groups is 1. The van der Waals surface area contributed by atoms with Gasteiger partial charge in [0.25, 0.3) is 5.91 Å². The number of hydrogen-bond donors (Lipinski definition) is 1. The maximum Gasteiger partial charge on any atom is 0.264 e. The fraction of sp³-hybridized carbons (Fsp3) is 0.312. The Labute approximate surface area is 137 Å². The third kappa shape index (κ3) is 3.92. The second-order valence-electron chi connectivity index (χ2n) is 5.25. The molecule has 1 aromatic heterocycles. The van der Waals surface area contributed by atoms with E-state index in [4.69, 9.17) is 4.84 Å². The van der Waals surface area contributed by atoms with Crippen molar-refractivity contribution in [2.45, 2.75) is 25.9 Å². The molecule has 0 saturated heterocycles. The molecule has 0 spiro atoms. The lowest BCUT2D eigenvalue weighted by Crippen LogP contribution is -2.36. The number of benzene rings is 1. The van der Waals surface area contributed by atoms with Crippen molar-refractivity contribution in [3.8, 4) is 0 Å². The number of nitrogens with zero attached hydrogens (tertiary/aromatic N) is 2. The first-order valence-electron chi connectivity index (χ1n) is 7.29. The molecular weight excluding hydrogens is 317 g/mol. The number of oxime groups is 1. The average molecular weight is 333 g/mol. The van der Waals surface area contributed by atoms with Crippen LogP contribution in [0.4, 0.5) is 4.39 Å². The van der Waals surface area contributed by atoms with Gasteiger partial charge in [0.2, 0.25) is 6.10 Å². The van der Waals surface area contributed by atoms with Crippen LogP contribution in [0, 0.1) is 12.7 Å². The van der Waals surface area contributed by atoms with Gasteiger partial charge in [0.05, 0.1) is 16.4 Å². The fourth-order valence-electron chi connectivity index (χ4n) is 2.31. The summed E-state index contributed by atoms with van der Waals surface area (Å²) in [5, 5.41) is 9.71. The van der Waals surface area contributed by atoms with Crippen LogP contribution < -0.4 is 5.32 Å². The van der Waals surface area contributed by atoms with Gasteiger partial charge >= 0.3 is 0 Å². The van der Waals surface area contributed by atoms with E-state index in [0.29, 0.717) is 30.7 Å². The number of aryl methyl sites for hydroxylation is 1. The summed E-state index contributed by atoms with van der Waals surface area (Å²) in [5.41, 5.74) is 2.19. The van der Waals surface area contributed by atoms with Crippen LogP contribution in [-0.2, 0) is 16.1 Å². The number of thiazole rings is 1. The largest absolute Gasteiger partial charge is 0.382 e. The molecular formula is C16H16FN3O2S. The van der Waals surface area contributed by atoms with Gasteiger partial charge in [0.15, 0.2) is 0 Å². The standard InChI is InChI=1S/C16H16FN3O2S/c1-10-19-13(9-23-10)5-6-18-16(21)15-8-14(20-22-15)11-3-2-4-12(17)7-11/h2-4,7,9,15H,5-6,8H2,1H3,(H,18,21)/t15-/m1/s1. The molecule has 120 valence electrons. The van der Waals surface area contributed by atoms with Crippen LogP contribution in [0.1, 0.15) is 22.7 Å². The van der Waals surface area contributed by atoms with Gasteiger partial charge in [-0.2, -0.15) is 0 Å². The van der Waals surface area contributed by atoms with E-state index in [1.165, 1.54) is 12.1 Å². The van der Waals surface area contributed by atoms with E-state index < -0.39 is 6.10 Å². The van der Waals surface area contributed by atoms with Gasteiger partial charge in [-0.15, -0.1) is 11.3 Å². The molecule has 1 aliphatic heterocycles.